The Morgan fingerprint density at radius 3 is 2.56 bits per heavy atom. The van der Waals surface area contributed by atoms with Gasteiger partial charge >= 0.3 is 0 Å². The number of nitrogens with zero attached hydrogens (tertiary/aromatic N) is 4. The Bertz CT molecular complexity index is 1370. The lowest BCUT2D eigenvalue weighted by atomic mass is 9.92. The lowest BCUT2D eigenvalue weighted by Gasteiger charge is -2.36. The predicted octanol–water partition coefficient (Wildman–Crippen LogP) is 3.71. The van der Waals surface area contributed by atoms with Crippen molar-refractivity contribution in [3.63, 3.8) is 0 Å². The first-order chi connectivity index (χ1) is 18.6. The lowest BCUT2D eigenvalue weighted by Crippen LogP contribution is -2.51. The van der Waals surface area contributed by atoms with Gasteiger partial charge in [0.1, 0.15) is 12.2 Å². The van der Waals surface area contributed by atoms with Gasteiger partial charge in [0, 0.05) is 41.7 Å². The Labute approximate surface area is 224 Å². The molecule has 4 rings (SSSR count). The number of carbonyl (C=O) groups excluding carboxylic acids is 2. The van der Waals surface area contributed by atoms with Crippen LogP contribution >= 0.6 is 0 Å². The van der Waals surface area contributed by atoms with Crippen molar-refractivity contribution < 1.29 is 22.9 Å². The van der Waals surface area contributed by atoms with E-state index in [0.29, 0.717) is 28.1 Å². The second-order valence-corrected chi connectivity index (χ2v) is 8.89. The minimum absolute atomic E-state index is 0.0183. The molecule has 3 N–H and O–H groups in total. The summed E-state index contributed by atoms with van der Waals surface area (Å²) in [5.41, 5.74) is 3.60. The monoisotopic (exact) mass is 537 g/mol. The van der Waals surface area contributed by atoms with E-state index < -0.39 is 18.4 Å². The highest BCUT2D eigenvalue weighted by atomic mass is 19.3. The number of rotatable bonds is 7. The largest absolute Gasteiger partial charge is 0.388 e. The molecule has 0 bridgehead atoms. The number of nitrogens with one attached hydrogen (secondary N) is 3. The van der Waals surface area contributed by atoms with Crippen molar-refractivity contribution in [3.05, 3.63) is 65.0 Å². The van der Waals surface area contributed by atoms with Crippen LogP contribution in [-0.4, -0.2) is 72.6 Å². The number of benzene rings is 2. The summed E-state index contributed by atoms with van der Waals surface area (Å²) < 4.78 is 34.6. The molecule has 3 aromatic rings. The van der Waals surface area contributed by atoms with Gasteiger partial charge in [-0.1, -0.05) is 29.4 Å². The molecule has 1 aromatic heterocycles. The minimum atomic E-state index is -3.16. The number of alkyl halides is 2. The molecule has 1 unspecified atom stereocenters. The highest BCUT2D eigenvalue weighted by molar-refractivity contribution is 6.02. The molecule has 1 atom stereocenters. The molecule has 0 saturated carbocycles. The number of likely N-dealkylation sites (tertiary alicyclic amines) is 1. The van der Waals surface area contributed by atoms with Crippen LogP contribution in [0.25, 0.3) is 11.4 Å². The first kappa shape index (κ1) is 29.1. The maximum Gasteiger partial charge on any atom is 0.276 e. The summed E-state index contributed by atoms with van der Waals surface area (Å²) in [6, 6.07) is 13.6. The van der Waals surface area contributed by atoms with Crippen LogP contribution in [0, 0.1) is 16.7 Å². The van der Waals surface area contributed by atoms with Gasteiger partial charge in [-0.3, -0.25) is 9.59 Å². The summed E-state index contributed by atoms with van der Waals surface area (Å²) in [6.45, 7) is 1.23. The highest BCUT2D eigenvalue weighted by Crippen LogP contribution is 2.40. The normalized spacial score (nSPS) is 15.9. The zero-order valence-electron chi connectivity index (χ0n) is 21.8. The van der Waals surface area contributed by atoms with Crippen LogP contribution in [-0.2, 0) is 4.79 Å². The van der Waals surface area contributed by atoms with Gasteiger partial charge in [0.25, 0.3) is 5.92 Å². The molecule has 2 heterocycles. The number of carbonyl (C=O) groups is 2. The quantitative estimate of drug-likeness (QED) is 0.305. The maximum absolute atomic E-state index is 14.7. The van der Waals surface area contributed by atoms with Crippen LogP contribution in [0.15, 0.2) is 47.0 Å². The third-order valence-electron chi connectivity index (χ3n) is 6.15. The lowest BCUT2D eigenvalue weighted by molar-refractivity contribution is -0.144. The molecule has 0 spiro atoms. The molecule has 12 heteroatoms. The number of aromatic nitrogens is 2. The first-order valence-corrected chi connectivity index (χ1v) is 12.1. The van der Waals surface area contributed by atoms with Gasteiger partial charge in [-0.25, -0.2) is 8.78 Å². The molecule has 1 saturated heterocycles. The maximum atomic E-state index is 14.7. The number of hydrogen-bond donors (Lipinski definition) is 3. The molecule has 0 aliphatic carbocycles. The molecule has 0 radical (unpaired) electrons. The Morgan fingerprint density at radius 1 is 1.28 bits per heavy atom. The van der Waals surface area contributed by atoms with Crippen LogP contribution in [0.1, 0.15) is 46.6 Å². The molecule has 204 valence electrons. The Balaban J connectivity index is 0.000000353. The Morgan fingerprint density at radius 2 is 2.00 bits per heavy atom. The van der Waals surface area contributed by atoms with Crippen molar-refractivity contribution in [1.82, 2.24) is 20.4 Å². The number of anilines is 1. The van der Waals surface area contributed by atoms with E-state index in [1.54, 1.807) is 63.5 Å². The smallest absolute Gasteiger partial charge is 0.276 e. The standard InChI is InChI=1S/C19H24F2N6O2.C8H5NO/c1-11(22)13-5-4-12(8-15(13)24-3)17-25-18(29-26-17)14-6-7-27(10-19(14,20)21)16(28)9-23-2;9-5-7-1-3-8(6-10)4-2-7/h4-5,8,14,22-24H,6-7,9-10H2,1-3H3;1-4,6H. The van der Waals surface area contributed by atoms with Crippen molar-refractivity contribution in [2.75, 3.05) is 39.0 Å². The van der Waals surface area contributed by atoms with Crippen molar-refractivity contribution >= 4 is 23.6 Å². The van der Waals surface area contributed by atoms with Crippen molar-refractivity contribution in [3.8, 4) is 17.5 Å². The molecule has 39 heavy (non-hydrogen) atoms. The van der Waals surface area contributed by atoms with Gasteiger partial charge in [-0.05, 0) is 38.6 Å². The van der Waals surface area contributed by atoms with Crippen LogP contribution in [0.2, 0.25) is 0 Å². The summed E-state index contributed by atoms with van der Waals surface area (Å²) in [4.78, 5) is 27.4. The van der Waals surface area contributed by atoms with Gasteiger partial charge < -0.3 is 25.5 Å². The van der Waals surface area contributed by atoms with E-state index in [1.165, 1.54) is 0 Å². The number of hydrogen-bond acceptors (Lipinski definition) is 9. The van der Waals surface area contributed by atoms with E-state index in [2.05, 4.69) is 20.8 Å². The molecule has 1 fully saturated rings. The summed E-state index contributed by atoms with van der Waals surface area (Å²) in [5.74, 6) is -4.70. The topological polar surface area (TPSA) is 148 Å². The predicted molar refractivity (Wildman–Crippen MR) is 141 cm³/mol. The third-order valence-corrected chi connectivity index (χ3v) is 6.15. The van der Waals surface area contributed by atoms with E-state index >= 15 is 0 Å². The number of piperidine rings is 1. The molecular formula is C27H29F2N7O3. The zero-order chi connectivity index (χ0) is 28.6. The fourth-order valence-corrected chi connectivity index (χ4v) is 4.07. The van der Waals surface area contributed by atoms with Crippen LogP contribution in [0.5, 0.6) is 0 Å². The second kappa shape index (κ2) is 12.8. The summed E-state index contributed by atoms with van der Waals surface area (Å²) in [7, 11) is 3.33. The van der Waals surface area contributed by atoms with E-state index in [0.717, 1.165) is 16.7 Å². The number of likely N-dealkylation sites (N-methyl/N-ethyl adjacent to an activating group) is 1. The summed E-state index contributed by atoms with van der Waals surface area (Å²) >= 11 is 0. The molecule has 1 aliphatic rings. The van der Waals surface area contributed by atoms with Crippen LogP contribution < -0.4 is 10.6 Å². The van der Waals surface area contributed by atoms with E-state index in [-0.39, 0.29) is 37.1 Å². The number of nitriles is 1. The van der Waals surface area contributed by atoms with Gasteiger partial charge in [-0.2, -0.15) is 10.2 Å². The van der Waals surface area contributed by atoms with Gasteiger partial charge in [-0.15, -0.1) is 0 Å². The molecule has 2 aromatic carbocycles. The number of amides is 1. The molecule has 1 aliphatic heterocycles. The zero-order valence-corrected chi connectivity index (χ0v) is 21.8. The summed E-state index contributed by atoms with van der Waals surface area (Å²) in [5, 5.41) is 25.7. The van der Waals surface area contributed by atoms with E-state index in [1.807, 2.05) is 6.07 Å². The third kappa shape index (κ3) is 7.08. The number of halogens is 2. The SMILES string of the molecule is CNCC(=O)N1CCC(c2nc(-c3ccc(C(C)=N)c(NC)c3)no2)C(F)(F)C1.N#Cc1ccc(C=O)cc1. The molecule has 1 amide bonds. The van der Waals surface area contributed by atoms with E-state index in [4.69, 9.17) is 15.2 Å². The van der Waals surface area contributed by atoms with Crippen molar-refractivity contribution in [2.45, 2.75) is 25.2 Å². The fourth-order valence-electron chi connectivity index (χ4n) is 4.07. The highest BCUT2D eigenvalue weighted by Gasteiger charge is 2.49. The van der Waals surface area contributed by atoms with Crippen LogP contribution in [0.3, 0.4) is 0 Å². The van der Waals surface area contributed by atoms with Crippen molar-refractivity contribution in [1.29, 1.82) is 10.7 Å². The molecule has 10 nitrogen and oxygen atoms in total. The fraction of sp³-hybridized carbons (Fsp3) is 0.333. The Kier molecular flexibility index (Phi) is 9.57. The van der Waals surface area contributed by atoms with Gasteiger partial charge in [0.15, 0.2) is 0 Å². The van der Waals surface area contributed by atoms with Crippen molar-refractivity contribution in [2.24, 2.45) is 0 Å². The van der Waals surface area contributed by atoms with Gasteiger partial charge in [0.2, 0.25) is 17.6 Å². The first-order valence-electron chi connectivity index (χ1n) is 12.1. The number of aldehydes is 1. The van der Waals surface area contributed by atoms with Crippen LogP contribution in [0.4, 0.5) is 14.5 Å². The average molecular weight is 538 g/mol. The van der Waals surface area contributed by atoms with Gasteiger partial charge in [0.05, 0.1) is 24.7 Å². The average Bonchev–Trinajstić information content (AvgIpc) is 3.42. The molecular weight excluding hydrogens is 508 g/mol. The summed E-state index contributed by atoms with van der Waals surface area (Å²) in [6.07, 6.45) is 0.791. The second-order valence-electron chi connectivity index (χ2n) is 8.89. The van der Waals surface area contributed by atoms with E-state index in [9.17, 15) is 18.4 Å². The minimum Gasteiger partial charge on any atom is -0.388 e. The Hall–Kier alpha value is -4.50.